The van der Waals surface area contributed by atoms with Gasteiger partial charge in [0, 0.05) is 29.7 Å². The highest BCUT2D eigenvalue weighted by Crippen LogP contribution is 2.30. The molecule has 2 heterocycles. The fraction of sp³-hybridized carbons (Fsp3) is 0.611. The van der Waals surface area contributed by atoms with Gasteiger partial charge in [0.15, 0.2) is 0 Å². The Morgan fingerprint density at radius 1 is 1.08 bits per heavy atom. The Hall–Kier alpha value is -1.95. The zero-order valence-electron chi connectivity index (χ0n) is 13.8. The maximum absolute atomic E-state index is 12.4. The molecule has 128 valence electrons. The first-order valence-electron chi connectivity index (χ1n) is 9.03. The van der Waals surface area contributed by atoms with Crippen molar-refractivity contribution in [3.8, 4) is 0 Å². The van der Waals surface area contributed by atoms with E-state index < -0.39 is 0 Å². The van der Waals surface area contributed by atoms with Crippen molar-refractivity contribution in [1.29, 1.82) is 0 Å². The van der Waals surface area contributed by atoms with Crippen molar-refractivity contribution < 1.29 is 5.11 Å². The van der Waals surface area contributed by atoms with Crippen LogP contribution < -0.4 is 10.9 Å². The number of hydrogen-bond acceptors (Lipinski definition) is 5. The highest BCUT2D eigenvalue weighted by atomic mass is 16.3. The van der Waals surface area contributed by atoms with Crippen LogP contribution in [0.3, 0.4) is 0 Å². The van der Waals surface area contributed by atoms with Gasteiger partial charge in [0.25, 0.3) is 5.56 Å². The summed E-state index contributed by atoms with van der Waals surface area (Å²) in [6, 6.07) is 3.98. The Bertz CT molecular complexity index is 774. The van der Waals surface area contributed by atoms with Gasteiger partial charge in [-0.05, 0) is 44.6 Å². The number of aliphatic hydroxyl groups excluding tert-OH is 1. The molecule has 6 nitrogen and oxygen atoms in total. The summed E-state index contributed by atoms with van der Waals surface area (Å²) < 4.78 is 1.86. The second-order valence-electron chi connectivity index (χ2n) is 7.10. The molecule has 0 saturated heterocycles. The Labute approximate surface area is 140 Å². The van der Waals surface area contributed by atoms with Crippen molar-refractivity contribution in [2.45, 2.75) is 69.6 Å². The van der Waals surface area contributed by atoms with Gasteiger partial charge in [0.05, 0.1) is 6.10 Å². The quantitative estimate of drug-likeness (QED) is 0.905. The lowest BCUT2D eigenvalue weighted by Gasteiger charge is -2.26. The summed E-state index contributed by atoms with van der Waals surface area (Å²) in [5.41, 5.74) is 0.766. The SMILES string of the molecule is O=c1ccc2cnc(NC3CCC(O)CC3)nc2n1C1CCCC1. The van der Waals surface area contributed by atoms with Gasteiger partial charge in [-0.25, -0.2) is 4.98 Å². The topological polar surface area (TPSA) is 80.0 Å². The van der Waals surface area contributed by atoms with Gasteiger partial charge in [0.1, 0.15) is 5.65 Å². The highest BCUT2D eigenvalue weighted by molar-refractivity contribution is 5.75. The Morgan fingerprint density at radius 2 is 1.83 bits per heavy atom. The molecule has 0 radical (unpaired) electrons. The minimum Gasteiger partial charge on any atom is -0.393 e. The first-order valence-corrected chi connectivity index (χ1v) is 9.03. The molecule has 0 atom stereocenters. The number of nitrogens with zero attached hydrogens (tertiary/aromatic N) is 3. The number of nitrogens with one attached hydrogen (secondary N) is 1. The second kappa shape index (κ2) is 6.51. The van der Waals surface area contributed by atoms with Gasteiger partial charge in [-0.15, -0.1) is 0 Å². The van der Waals surface area contributed by atoms with Crippen LogP contribution in [-0.2, 0) is 0 Å². The predicted molar refractivity (Wildman–Crippen MR) is 93.2 cm³/mol. The first kappa shape index (κ1) is 15.6. The maximum Gasteiger partial charge on any atom is 0.252 e. The maximum atomic E-state index is 12.4. The zero-order chi connectivity index (χ0) is 16.5. The lowest BCUT2D eigenvalue weighted by atomic mass is 9.93. The van der Waals surface area contributed by atoms with Crippen LogP contribution in [0.15, 0.2) is 23.1 Å². The standard InChI is InChI=1S/C18H24N4O2/c23-15-8-6-13(7-9-15)20-18-19-11-12-5-10-16(24)22(17(12)21-18)14-3-1-2-4-14/h5,10-11,13-15,23H,1-4,6-9H2,(H,19,20,21). The lowest BCUT2D eigenvalue weighted by molar-refractivity contribution is 0.126. The molecule has 0 spiro atoms. The minimum absolute atomic E-state index is 0.0276. The van der Waals surface area contributed by atoms with E-state index in [1.807, 2.05) is 10.6 Å². The first-order chi connectivity index (χ1) is 11.7. The smallest absolute Gasteiger partial charge is 0.252 e. The van der Waals surface area contributed by atoms with Crippen LogP contribution in [0.1, 0.15) is 57.4 Å². The molecule has 0 aliphatic heterocycles. The second-order valence-corrected chi connectivity index (χ2v) is 7.10. The molecule has 2 aliphatic rings. The van der Waals surface area contributed by atoms with Crippen LogP contribution in [0, 0.1) is 0 Å². The van der Waals surface area contributed by atoms with E-state index in [2.05, 4.69) is 15.3 Å². The van der Waals surface area contributed by atoms with E-state index in [0.717, 1.165) is 49.6 Å². The number of fused-ring (bicyclic) bond motifs is 1. The van der Waals surface area contributed by atoms with E-state index in [0.29, 0.717) is 12.0 Å². The Morgan fingerprint density at radius 3 is 2.58 bits per heavy atom. The van der Waals surface area contributed by atoms with E-state index in [1.54, 1.807) is 12.3 Å². The third kappa shape index (κ3) is 3.02. The number of hydrogen-bond donors (Lipinski definition) is 2. The summed E-state index contributed by atoms with van der Waals surface area (Å²) >= 11 is 0. The third-order valence-electron chi connectivity index (χ3n) is 5.39. The monoisotopic (exact) mass is 328 g/mol. The van der Waals surface area contributed by atoms with Gasteiger partial charge in [0.2, 0.25) is 5.95 Å². The molecular formula is C18H24N4O2. The summed E-state index contributed by atoms with van der Waals surface area (Å²) in [5, 5.41) is 13.9. The van der Waals surface area contributed by atoms with Crippen molar-refractivity contribution in [3.05, 3.63) is 28.7 Å². The number of anilines is 1. The third-order valence-corrected chi connectivity index (χ3v) is 5.39. The van der Waals surface area contributed by atoms with Crippen molar-refractivity contribution in [2.75, 3.05) is 5.32 Å². The largest absolute Gasteiger partial charge is 0.393 e. The van der Waals surface area contributed by atoms with E-state index in [4.69, 9.17) is 0 Å². The lowest BCUT2D eigenvalue weighted by Crippen LogP contribution is -2.29. The predicted octanol–water partition coefficient (Wildman–Crippen LogP) is 2.62. The molecule has 24 heavy (non-hydrogen) atoms. The van der Waals surface area contributed by atoms with Crippen LogP contribution in [-0.4, -0.2) is 31.8 Å². The zero-order valence-corrected chi connectivity index (χ0v) is 13.8. The molecule has 4 rings (SSSR count). The number of aliphatic hydroxyl groups is 1. The Balaban J connectivity index is 1.66. The molecule has 2 fully saturated rings. The van der Waals surface area contributed by atoms with Crippen LogP contribution in [0.4, 0.5) is 5.95 Å². The minimum atomic E-state index is -0.173. The molecule has 0 aromatic carbocycles. The van der Waals surface area contributed by atoms with Gasteiger partial charge < -0.3 is 10.4 Å². The van der Waals surface area contributed by atoms with Gasteiger partial charge in [-0.2, -0.15) is 4.98 Å². The molecule has 2 N–H and O–H groups in total. The van der Waals surface area contributed by atoms with Crippen molar-refractivity contribution in [1.82, 2.24) is 14.5 Å². The average molecular weight is 328 g/mol. The van der Waals surface area contributed by atoms with E-state index in [-0.39, 0.29) is 17.7 Å². The summed E-state index contributed by atoms with van der Waals surface area (Å²) in [6.07, 6.45) is 9.55. The molecule has 0 amide bonds. The number of pyridine rings is 1. The van der Waals surface area contributed by atoms with E-state index in [1.165, 1.54) is 12.8 Å². The molecule has 6 heteroatoms. The number of aromatic nitrogens is 3. The van der Waals surface area contributed by atoms with Gasteiger partial charge >= 0.3 is 0 Å². The summed E-state index contributed by atoms with van der Waals surface area (Å²) in [5.74, 6) is 0.584. The number of rotatable bonds is 3. The fourth-order valence-electron chi connectivity index (χ4n) is 4.03. The van der Waals surface area contributed by atoms with Crippen molar-refractivity contribution in [3.63, 3.8) is 0 Å². The van der Waals surface area contributed by atoms with Crippen molar-refractivity contribution in [2.24, 2.45) is 0 Å². The molecule has 2 aromatic rings. The van der Waals surface area contributed by atoms with Crippen LogP contribution in [0.2, 0.25) is 0 Å². The normalized spacial score (nSPS) is 25.2. The highest BCUT2D eigenvalue weighted by Gasteiger charge is 2.22. The van der Waals surface area contributed by atoms with Crippen LogP contribution in [0.5, 0.6) is 0 Å². The van der Waals surface area contributed by atoms with Crippen molar-refractivity contribution >= 4 is 17.0 Å². The van der Waals surface area contributed by atoms with E-state index in [9.17, 15) is 9.90 Å². The average Bonchev–Trinajstić information content (AvgIpc) is 3.11. The molecule has 0 unspecified atom stereocenters. The van der Waals surface area contributed by atoms with Crippen LogP contribution >= 0.6 is 0 Å². The molecule has 2 aliphatic carbocycles. The van der Waals surface area contributed by atoms with E-state index >= 15 is 0 Å². The summed E-state index contributed by atoms with van der Waals surface area (Å²) in [4.78, 5) is 21.5. The molecule has 0 bridgehead atoms. The molecule has 2 saturated carbocycles. The van der Waals surface area contributed by atoms with Gasteiger partial charge in [-0.3, -0.25) is 9.36 Å². The summed E-state index contributed by atoms with van der Waals surface area (Å²) in [7, 11) is 0. The molecule has 2 aromatic heterocycles. The summed E-state index contributed by atoms with van der Waals surface area (Å²) in [6.45, 7) is 0. The molecular weight excluding hydrogens is 304 g/mol. The fourth-order valence-corrected chi connectivity index (χ4v) is 4.03. The van der Waals surface area contributed by atoms with Crippen LogP contribution in [0.25, 0.3) is 11.0 Å². The Kier molecular flexibility index (Phi) is 4.22. The van der Waals surface area contributed by atoms with Gasteiger partial charge in [-0.1, -0.05) is 12.8 Å².